The van der Waals surface area contributed by atoms with Crippen LogP contribution in [0.3, 0.4) is 0 Å². The van der Waals surface area contributed by atoms with Crippen LogP contribution < -0.4 is 5.09 Å². The van der Waals surface area contributed by atoms with E-state index in [0.29, 0.717) is 0 Å². The van der Waals surface area contributed by atoms with Gasteiger partial charge in [-0.3, -0.25) is 19.8 Å². The monoisotopic (exact) mass is 444 g/mol. The smallest absolute Gasteiger partial charge is 0.131 e. The molecule has 0 bridgehead atoms. The van der Waals surface area contributed by atoms with Gasteiger partial charge < -0.3 is 0 Å². The highest BCUT2D eigenvalue weighted by molar-refractivity contribution is 14.2. The van der Waals surface area contributed by atoms with Crippen molar-refractivity contribution in [1.82, 2.24) is 19.8 Å². The highest BCUT2D eigenvalue weighted by Gasteiger charge is 2.43. The number of halogens is 1. The number of hydrogen-bond acceptors (Lipinski definition) is 4. The highest BCUT2D eigenvalue weighted by atomic mass is 127. The van der Waals surface area contributed by atoms with Crippen molar-refractivity contribution in [1.29, 1.82) is 0 Å². The fourth-order valence-electron chi connectivity index (χ4n) is 3.73. The minimum atomic E-state index is 0.0621. The van der Waals surface area contributed by atoms with E-state index in [0.717, 1.165) is 52.2 Å². The summed E-state index contributed by atoms with van der Waals surface area (Å²) >= 11 is 2.42. The average Bonchev–Trinajstić information content (AvgIpc) is 2.54. The van der Waals surface area contributed by atoms with E-state index in [-0.39, 0.29) is 5.79 Å². The van der Waals surface area contributed by atoms with E-state index >= 15 is 0 Å². The summed E-state index contributed by atoms with van der Waals surface area (Å²) in [7, 11) is 0. The standard InChI is InChI=1S/C16H38IN4P/c1-7-19(8-2)16(20(9-3)10-4,21(11-5)12-6)14-13-15-18-22-17/h18,22H,7-15H2,1-6H3. The van der Waals surface area contributed by atoms with Crippen molar-refractivity contribution < 1.29 is 0 Å². The van der Waals surface area contributed by atoms with Crippen molar-refractivity contribution in [2.75, 3.05) is 45.8 Å². The molecule has 0 heterocycles. The molecule has 0 saturated heterocycles. The van der Waals surface area contributed by atoms with Gasteiger partial charge in [-0.25, -0.2) is 0 Å². The third-order valence-corrected chi connectivity index (χ3v) is 6.22. The molecule has 1 N–H and O–H groups in total. The van der Waals surface area contributed by atoms with Crippen LogP contribution in [-0.4, -0.2) is 66.3 Å². The number of hydrogen-bond donors (Lipinski definition) is 1. The van der Waals surface area contributed by atoms with Crippen molar-refractivity contribution in [2.45, 2.75) is 60.2 Å². The van der Waals surface area contributed by atoms with Crippen LogP contribution in [0.1, 0.15) is 54.4 Å². The molecular formula is C16H38IN4P. The second-order valence-corrected chi connectivity index (χ2v) is 7.58. The molecule has 0 aliphatic heterocycles. The largest absolute Gasteiger partial charge is 0.290 e. The van der Waals surface area contributed by atoms with Gasteiger partial charge in [0.25, 0.3) is 0 Å². The summed E-state index contributed by atoms with van der Waals surface area (Å²) in [5, 5.41) is 3.50. The highest BCUT2D eigenvalue weighted by Crippen LogP contribution is 2.30. The molecule has 0 rings (SSSR count). The zero-order valence-corrected chi connectivity index (χ0v) is 18.7. The SMILES string of the molecule is CCN(CC)C(CCCNPI)(N(CC)CC)N(CC)CC. The lowest BCUT2D eigenvalue weighted by molar-refractivity contribution is -0.168. The van der Waals surface area contributed by atoms with Crippen LogP contribution in [0.2, 0.25) is 0 Å². The van der Waals surface area contributed by atoms with Gasteiger partial charge in [-0.05, 0) is 80.7 Å². The van der Waals surface area contributed by atoms with Crippen LogP contribution in [0.5, 0.6) is 0 Å². The summed E-state index contributed by atoms with van der Waals surface area (Å²) in [6, 6.07) is 0. The van der Waals surface area contributed by atoms with Gasteiger partial charge in [-0.15, -0.1) is 0 Å². The molecule has 0 fully saturated rings. The summed E-state index contributed by atoms with van der Waals surface area (Å²) in [5.74, 6) is 0.0621. The van der Waals surface area contributed by atoms with Gasteiger partial charge in [0.1, 0.15) is 5.79 Å². The number of nitrogens with one attached hydrogen (secondary N) is 1. The maximum absolute atomic E-state index is 3.50. The second-order valence-electron chi connectivity index (χ2n) is 5.42. The van der Waals surface area contributed by atoms with E-state index in [9.17, 15) is 0 Å². The maximum atomic E-state index is 3.50. The van der Waals surface area contributed by atoms with Gasteiger partial charge >= 0.3 is 0 Å². The molecule has 4 nitrogen and oxygen atoms in total. The van der Waals surface area contributed by atoms with Gasteiger partial charge in [0.2, 0.25) is 0 Å². The van der Waals surface area contributed by atoms with Crippen molar-refractivity contribution in [3.63, 3.8) is 0 Å². The molecular weight excluding hydrogens is 406 g/mol. The van der Waals surface area contributed by atoms with Crippen LogP contribution in [-0.2, 0) is 0 Å². The Morgan fingerprint density at radius 1 is 0.773 bits per heavy atom. The Morgan fingerprint density at radius 2 is 1.14 bits per heavy atom. The third kappa shape index (κ3) is 5.82. The molecule has 134 valence electrons. The summed E-state index contributed by atoms with van der Waals surface area (Å²) in [4.78, 5) is 8.00. The van der Waals surface area contributed by atoms with Crippen LogP contribution in [0.15, 0.2) is 0 Å². The van der Waals surface area contributed by atoms with Gasteiger partial charge in [0.05, 0.1) is 0 Å². The van der Waals surface area contributed by atoms with Crippen LogP contribution >= 0.6 is 28.4 Å². The molecule has 0 aliphatic rings. The average molecular weight is 444 g/mol. The first-order chi connectivity index (χ1) is 10.6. The minimum Gasteiger partial charge on any atom is -0.290 e. The van der Waals surface area contributed by atoms with Crippen molar-refractivity contribution in [3.05, 3.63) is 0 Å². The van der Waals surface area contributed by atoms with Crippen LogP contribution in [0, 0.1) is 0 Å². The number of rotatable bonds is 14. The predicted molar refractivity (Wildman–Crippen MR) is 111 cm³/mol. The molecule has 1 atom stereocenters. The Labute approximate surface area is 154 Å². The van der Waals surface area contributed by atoms with E-state index in [2.05, 4.69) is 83.4 Å². The zero-order chi connectivity index (χ0) is 17.0. The van der Waals surface area contributed by atoms with E-state index in [1.165, 1.54) is 12.8 Å². The molecule has 1 unspecified atom stereocenters. The summed E-state index contributed by atoms with van der Waals surface area (Å²) < 4.78 is 0. The molecule has 0 amide bonds. The Kier molecular flexibility index (Phi) is 13.9. The van der Waals surface area contributed by atoms with E-state index in [1.807, 2.05) is 0 Å². The summed E-state index contributed by atoms with van der Waals surface area (Å²) in [6.07, 6.45) is 3.24. The molecule has 0 aliphatic carbocycles. The topological polar surface area (TPSA) is 21.8 Å². The fraction of sp³-hybridized carbons (Fsp3) is 1.00. The number of nitrogens with zero attached hydrogens (tertiary/aromatic N) is 3. The Morgan fingerprint density at radius 3 is 1.41 bits per heavy atom. The molecule has 0 aromatic rings. The minimum absolute atomic E-state index is 0.0621. The Bertz CT molecular complexity index is 225. The second kappa shape index (κ2) is 13.3. The lowest BCUT2D eigenvalue weighted by atomic mass is 10.0. The molecule has 6 heteroatoms. The first-order valence-electron chi connectivity index (χ1n) is 8.96. The molecule has 0 saturated carbocycles. The molecule has 0 spiro atoms. The van der Waals surface area contributed by atoms with E-state index in [4.69, 9.17) is 0 Å². The van der Waals surface area contributed by atoms with Crippen molar-refractivity contribution >= 4 is 28.4 Å². The van der Waals surface area contributed by atoms with E-state index in [1.54, 1.807) is 0 Å². The Hall–Kier alpha value is 1.00. The summed E-state index contributed by atoms with van der Waals surface area (Å²) in [5.41, 5.74) is 0. The van der Waals surface area contributed by atoms with Gasteiger partial charge in [0, 0.05) is 6.37 Å². The van der Waals surface area contributed by atoms with Crippen molar-refractivity contribution in [2.24, 2.45) is 0 Å². The maximum Gasteiger partial charge on any atom is 0.131 e. The molecule has 0 radical (unpaired) electrons. The predicted octanol–water partition coefficient (Wildman–Crippen LogP) is 3.98. The molecule has 0 aromatic carbocycles. The third-order valence-electron chi connectivity index (χ3n) is 4.69. The molecule has 0 aromatic heterocycles. The normalized spacial score (nSPS) is 13.4. The van der Waals surface area contributed by atoms with Gasteiger partial charge in [-0.1, -0.05) is 41.5 Å². The summed E-state index contributed by atoms with van der Waals surface area (Å²) in [6.45, 7) is 21.5. The first-order valence-corrected chi connectivity index (χ1v) is 13.1. The van der Waals surface area contributed by atoms with Gasteiger partial charge in [0.15, 0.2) is 0 Å². The molecule has 22 heavy (non-hydrogen) atoms. The van der Waals surface area contributed by atoms with Crippen LogP contribution in [0.25, 0.3) is 0 Å². The zero-order valence-electron chi connectivity index (χ0n) is 15.6. The van der Waals surface area contributed by atoms with Crippen LogP contribution in [0.4, 0.5) is 0 Å². The van der Waals surface area contributed by atoms with Crippen molar-refractivity contribution in [3.8, 4) is 0 Å². The van der Waals surface area contributed by atoms with E-state index < -0.39 is 0 Å². The van der Waals surface area contributed by atoms with Gasteiger partial charge in [-0.2, -0.15) is 0 Å². The fourth-order valence-corrected chi connectivity index (χ4v) is 4.81. The Balaban J connectivity index is 5.56. The lowest BCUT2D eigenvalue weighted by Gasteiger charge is -2.56. The first kappa shape index (κ1) is 23.0. The quantitative estimate of drug-likeness (QED) is 0.189. The lowest BCUT2D eigenvalue weighted by Crippen LogP contribution is -2.70.